The van der Waals surface area contributed by atoms with Crippen molar-refractivity contribution in [2.45, 2.75) is 39.3 Å². The SMILES string of the molecule is CC1(C)CCCNC1C(=O)N1CCN(Cc2cccnc2)CC1. The first-order chi connectivity index (χ1) is 11.1. The molecule has 2 aliphatic rings. The molecule has 5 heteroatoms. The number of aromatic nitrogens is 1. The minimum Gasteiger partial charge on any atom is -0.339 e. The zero-order chi connectivity index (χ0) is 16.3. The highest BCUT2D eigenvalue weighted by Crippen LogP contribution is 2.31. The second-order valence-electron chi connectivity index (χ2n) is 7.44. The van der Waals surface area contributed by atoms with Gasteiger partial charge in [-0.2, -0.15) is 0 Å². The first-order valence-electron chi connectivity index (χ1n) is 8.70. The third-order valence-corrected chi connectivity index (χ3v) is 5.19. The molecule has 0 saturated carbocycles. The highest BCUT2D eigenvalue weighted by atomic mass is 16.2. The lowest BCUT2D eigenvalue weighted by Gasteiger charge is -2.43. The molecule has 23 heavy (non-hydrogen) atoms. The van der Waals surface area contributed by atoms with Crippen molar-refractivity contribution in [1.29, 1.82) is 0 Å². The van der Waals surface area contributed by atoms with Crippen LogP contribution in [0.3, 0.4) is 0 Å². The molecular formula is C18H28N4O. The second-order valence-corrected chi connectivity index (χ2v) is 7.44. The number of hydrogen-bond donors (Lipinski definition) is 1. The average Bonchev–Trinajstić information content (AvgIpc) is 2.55. The largest absolute Gasteiger partial charge is 0.339 e. The maximum Gasteiger partial charge on any atom is 0.240 e. The van der Waals surface area contributed by atoms with E-state index >= 15 is 0 Å². The van der Waals surface area contributed by atoms with Crippen molar-refractivity contribution < 1.29 is 4.79 Å². The lowest BCUT2D eigenvalue weighted by Crippen LogP contribution is -2.59. The van der Waals surface area contributed by atoms with Crippen LogP contribution < -0.4 is 5.32 Å². The predicted octanol–water partition coefficient (Wildman–Crippen LogP) is 1.50. The van der Waals surface area contributed by atoms with Gasteiger partial charge in [-0.15, -0.1) is 0 Å². The normalized spacial score (nSPS) is 25.3. The number of amides is 1. The van der Waals surface area contributed by atoms with Crippen molar-refractivity contribution in [2.24, 2.45) is 5.41 Å². The van der Waals surface area contributed by atoms with E-state index in [1.165, 1.54) is 5.56 Å². The van der Waals surface area contributed by atoms with Gasteiger partial charge in [0.15, 0.2) is 0 Å². The maximum absolute atomic E-state index is 12.9. The van der Waals surface area contributed by atoms with Crippen molar-refractivity contribution in [3.8, 4) is 0 Å². The quantitative estimate of drug-likeness (QED) is 0.918. The Balaban J connectivity index is 1.53. The molecule has 2 fully saturated rings. The van der Waals surface area contributed by atoms with Gasteiger partial charge >= 0.3 is 0 Å². The van der Waals surface area contributed by atoms with E-state index in [0.29, 0.717) is 0 Å². The highest BCUT2D eigenvalue weighted by Gasteiger charge is 2.39. The summed E-state index contributed by atoms with van der Waals surface area (Å²) < 4.78 is 0. The Hall–Kier alpha value is -1.46. The molecule has 2 saturated heterocycles. The zero-order valence-corrected chi connectivity index (χ0v) is 14.3. The van der Waals surface area contributed by atoms with Crippen LogP contribution in [0.1, 0.15) is 32.3 Å². The van der Waals surface area contributed by atoms with Crippen LogP contribution >= 0.6 is 0 Å². The number of hydrogen-bond acceptors (Lipinski definition) is 4. The van der Waals surface area contributed by atoms with Gasteiger partial charge in [-0.3, -0.25) is 14.7 Å². The fraction of sp³-hybridized carbons (Fsp3) is 0.667. The fourth-order valence-corrected chi connectivity index (χ4v) is 3.69. The third-order valence-electron chi connectivity index (χ3n) is 5.19. The van der Waals surface area contributed by atoms with Gasteiger partial charge < -0.3 is 10.2 Å². The molecule has 3 rings (SSSR count). The summed E-state index contributed by atoms with van der Waals surface area (Å²) in [6, 6.07) is 4.06. The topological polar surface area (TPSA) is 48.5 Å². The molecule has 0 aliphatic carbocycles. The molecule has 0 aromatic carbocycles. The van der Waals surface area contributed by atoms with Gasteiger partial charge in [0.1, 0.15) is 0 Å². The number of carbonyl (C=O) groups excluding carboxylic acids is 1. The van der Waals surface area contributed by atoms with Crippen LogP contribution in [0.2, 0.25) is 0 Å². The van der Waals surface area contributed by atoms with Gasteiger partial charge in [0.05, 0.1) is 6.04 Å². The number of nitrogens with one attached hydrogen (secondary N) is 1. The number of pyridine rings is 1. The first-order valence-corrected chi connectivity index (χ1v) is 8.70. The molecule has 0 spiro atoms. The van der Waals surface area contributed by atoms with E-state index in [-0.39, 0.29) is 17.4 Å². The summed E-state index contributed by atoms with van der Waals surface area (Å²) >= 11 is 0. The summed E-state index contributed by atoms with van der Waals surface area (Å²) in [7, 11) is 0. The Bertz CT molecular complexity index is 523. The summed E-state index contributed by atoms with van der Waals surface area (Å²) in [5.41, 5.74) is 1.30. The minimum absolute atomic E-state index is 0.0267. The van der Waals surface area contributed by atoms with Crippen LogP contribution in [-0.2, 0) is 11.3 Å². The molecule has 0 bridgehead atoms. The smallest absolute Gasteiger partial charge is 0.240 e. The summed E-state index contributed by atoms with van der Waals surface area (Å²) in [6.45, 7) is 9.83. The Morgan fingerprint density at radius 3 is 2.78 bits per heavy atom. The highest BCUT2D eigenvalue weighted by molar-refractivity contribution is 5.83. The molecule has 3 heterocycles. The van der Waals surface area contributed by atoms with E-state index < -0.39 is 0 Å². The fourth-order valence-electron chi connectivity index (χ4n) is 3.69. The van der Waals surface area contributed by atoms with Crippen molar-refractivity contribution in [3.05, 3.63) is 30.1 Å². The van der Waals surface area contributed by atoms with Gasteiger partial charge in [0.25, 0.3) is 0 Å². The molecule has 1 N–H and O–H groups in total. The molecule has 5 nitrogen and oxygen atoms in total. The van der Waals surface area contributed by atoms with Crippen LogP contribution in [0.5, 0.6) is 0 Å². The summed E-state index contributed by atoms with van der Waals surface area (Å²) in [4.78, 5) is 21.5. The number of piperidine rings is 1. The molecular weight excluding hydrogens is 288 g/mol. The summed E-state index contributed by atoms with van der Waals surface area (Å²) in [5, 5.41) is 3.44. The van der Waals surface area contributed by atoms with Crippen LogP contribution in [0.25, 0.3) is 0 Å². The molecule has 126 valence electrons. The van der Waals surface area contributed by atoms with E-state index in [4.69, 9.17) is 0 Å². The monoisotopic (exact) mass is 316 g/mol. The van der Waals surface area contributed by atoms with Crippen molar-refractivity contribution >= 4 is 5.91 Å². The van der Waals surface area contributed by atoms with Crippen LogP contribution in [0.15, 0.2) is 24.5 Å². The molecule has 1 aromatic heterocycles. The molecule has 2 aliphatic heterocycles. The second kappa shape index (κ2) is 6.97. The van der Waals surface area contributed by atoms with E-state index in [1.807, 2.05) is 17.2 Å². The number of carbonyl (C=O) groups is 1. The van der Waals surface area contributed by atoms with Gasteiger partial charge in [-0.1, -0.05) is 19.9 Å². The Labute approximate surface area is 139 Å². The Morgan fingerprint density at radius 2 is 2.13 bits per heavy atom. The predicted molar refractivity (Wildman–Crippen MR) is 90.9 cm³/mol. The van der Waals surface area contributed by atoms with E-state index in [2.05, 4.69) is 35.1 Å². The van der Waals surface area contributed by atoms with Crippen molar-refractivity contribution in [1.82, 2.24) is 20.1 Å². The molecule has 1 unspecified atom stereocenters. The molecule has 0 radical (unpaired) electrons. The maximum atomic E-state index is 12.9. The first kappa shape index (κ1) is 16.4. The number of piperazine rings is 1. The number of rotatable bonds is 3. The van der Waals surface area contributed by atoms with E-state index in [9.17, 15) is 4.79 Å². The zero-order valence-electron chi connectivity index (χ0n) is 14.3. The van der Waals surface area contributed by atoms with Crippen LogP contribution in [0.4, 0.5) is 0 Å². The van der Waals surface area contributed by atoms with Crippen LogP contribution in [0, 0.1) is 5.41 Å². The van der Waals surface area contributed by atoms with Crippen molar-refractivity contribution in [2.75, 3.05) is 32.7 Å². The van der Waals surface area contributed by atoms with Gasteiger partial charge in [-0.05, 0) is 36.4 Å². The molecule has 1 aromatic rings. The van der Waals surface area contributed by atoms with Gasteiger partial charge in [-0.25, -0.2) is 0 Å². The third kappa shape index (κ3) is 3.90. The van der Waals surface area contributed by atoms with Gasteiger partial charge in [0.2, 0.25) is 5.91 Å². The standard InChI is InChI=1S/C18H28N4O/c1-18(2)6-4-8-20-16(18)17(23)22-11-9-21(10-12-22)14-15-5-3-7-19-13-15/h3,5,7,13,16,20H,4,6,8-12,14H2,1-2H3. The lowest BCUT2D eigenvalue weighted by atomic mass is 9.77. The molecule has 1 atom stereocenters. The molecule has 1 amide bonds. The van der Waals surface area contributed by atoms with Crippen molar-refractivity contribution in [3.63, 3.8) is 0 Å². The Kier molecular flexibility index (Phi) is 4.97. The average molecular weight is 316 g/mol. The van der Waals surface area contributed by atoms with Gasteiger partial charge in [0, 0.05) is 45.1 Å². The summed E-state index contributed by atoms with van der Waals surface area (Å²) in [5.74, 6) is 0.288. The van der Waals surface area contributed by atoms with Crippen LogP contribution in [-0.4, -0.2) is 59.5 Å². The minimum atomic E-state index is -0.0267. The Morgan fingerprint density at radius 1 is 1.35 bits per heavy atom. The van der Waals surface area contributed by atoms with E-state index in [0.717, 1.165) is 52.1 Å². The number of nitrogens with zero attached hydrogens (tertiary/aromatic N) is 3. The van der Waals surface area contributed by atoms with E-state index in [1.54, 1.807) is 6.20 Å². The lowest BCUT2D eigenvalue weighted by molar-refractivity contribution is -0.139. The summed E-state index contributed by atoms with van der Waals surface area (Å²) in [6.07, 6.45) is 6.01.